The van der Waals surface area contributed by atoms with Gasteiger partial charge in [-0.1, -0.05) is 12.1 Å². The van der Waals surface area contributed by atoms with Gasteiger partial charge < -0.3 is 19.2 Å². The summed E-state index contributed by atoms with van der Waals surface area (Å²) in [5.74, 6) is -0.0239. The maximum Gasteiger partial charge on any atom is 0.290 e. The van der Waals surface area contributed by atoms with Crippen molar-refractivity contribution in [2.24, 2.45) is 0 Å². The highest BCUT2D eigenvalue weighted by Crippen LogP contribution is 2.38. The van der Waals surface area contributed by atoms with Crippen LogP contribution in [0.1, 0.15) is 38.9 Å². The zero-order valence-corrected chi connectivity index (χ0v) is 18.3. The summed E-state index contributed by atoms with van der Waals surface area (Å²) in [7, 11) is 0. The second-order valence-corrected chi connectivity index (χ2v) is 8.55. The molecule has 32 heavy (non-hydrogen) atoms. The van der Waals surface area contributed by atoms with E-state index in [1.165, 1.54) is 0 Å². The Morgan fingerprint density at radius 3 is 2.41 bits per heavy atom. The van der Waals surface area contributed by atoms with Gasteiger partial charge in [0.25, 0.3) is 5.91 Å². The van der Waals surface area contributed by atoms with Gasteiger partial charge in [-0.2, -0.15) is 0 Å². The number of rotatable bonds is 4. The van der Waals surface area contributed by atoms with E-state index in [1.807, 2.05) is 26.0 Å². The highest BCUT2D eigenvalue weighted by atomic mass is 16.5. The first kappa shape index (κ1) is 20.7. The third-order valence-corrected chi connectivity index (χ3v) is 6.55. The molecule has 0 saturated carbocycles. The van der Waals surface area contributed by atoms with Gasteiger partial charge in [-0.25, -0.2) is 0 Å². The molecule has 7 nitrogen and oxygen atoms in total. The summed E-state index contributed by atoms with van der Waals surface area (Å²) in [6.07, 6.45) is 0. The Labute approximate surface area is 185 Å². The summed E-state index contributed by atoms with van der Waals surface area (Å²) in [4.78, 5) is 31.1. The molecule has 2 aromatic carbocycles. The number of carbonyl (C=O) groups excluding carboxylic acids is 1. The molecule has 3 aromatic rings. The Kier molecular flexibility index (Phi) is 5.23. The number of nitrogens with zero attached hydrogens (tertiary/aromatic N) is 2. The molecule has 1 N–H and O–H groups in total. The standard InChI is InChI=1S/C25H26N2O5/c1-15-13-19-20(14-16(15)2)32-24-21(23(19)29)22(17-3-5-18(28)6-4-17)27(25(24)30)8-7-26-9-11-31-12-10-26/h3-6,13-14,22,28H,7-12H2,1-2H3. The van der Waals surface area contributed by atoms with Crippen LogP contribution in [0.2, 0.25) is 0 Å². The molecule has 1 fully saturated rings. The third-order valence-electron chi connectivity index (χ3n) is 6.55. The van der Waals surface area contributed by atoms with E-state index in [9.17, 15) is 14.7 Å². The molecular weight excluding hydrogens is 408 g/mol. The number of benzene rings is 2. The van der Waals surface area contributed by atoms with Crippen LogP contribution in [-0.2, 0) is 4.74 Å². The molecule has 0 radical (unpaired) electrons. The summed E-state index contributed by atoms with van der Waals surface area (Å²) in [5, 5.41) is 10.2. The maximum atomic E-state index is 13.6. The van der Waals surface area contributed by atoms with Gasteiger partial charge in [-0.05, 0) is 54.8 Å². The molecule has 1 saturated heterocycles. The highest BCUT2D eigenvalue weighted by Gasteiger charge is 2.42. The Morgan fingerprint density at radius 2 is 1.69 bits per heavy atom. The molecule has 1 unspecified atom stereocenters. The molecule has 1 atom stereocenters. The van der Waals surface area contributed by atoms with Crippen molar-refractivity contribution in [3.8, 4) is 5.75 Å². The molecule has 1 amide bonds. The predicted octanol–water partition coefficient (Wildman–Crippen LogP) is 2.99. The molecule has 0 aliphatic carbocycles. The quantitative estimate of drug-likeness (QED) is 0.680. The van der Waals surface area contributed by atoms with E-state index in [0.717, 1.165) is 29.8 Å². The topological polar surface area (TPSA) is 83.2 Å². The van der Waals surface area contributed by atoms with Gasteiger partial charge in [-0.3, -0.25) is 14.5 Å². The molecule has 1 aromatic heterocycles. The number of morpholine rings is 1. The number of amides is 1. The van der Waals surface area contributed by atoms with Gasteiger partial charge in [0.05, 0.1) is 30.2 Å². The van der Waals surface area contributed by atoms with Crippen LogP contribution in [-0.4, -0.2) is 60.2 Å². The Hall–Kier alpha value is -3.16. The smallest absolute Gasteiger partial charge is 0.290 e. The predicted molar refractivity (Wildman–Crippen MR) is 120 cm³/mol. The second kappa shape index (κ2) is 8.07. The molecule has 5 rings (SSSR count). The summed E-state index contributed by atoms with van der Waals surface area (Å²) in [5.41, 5.74) is 3.41. The van der Waals surface area contributed by atoms with E-state index in [4.69, 9.17) is 9.15 Å². The number of carbonyl (C=O) groups is 1. The van der Waals surface area contributed by atoms with Crippen molar-refractivity contribution in [2.75, 3.05) is 39.4 Å². The van der Waals surface area contributed by atoms with E-state index in [-0.39, 0.29) is 22.8 Å². The van der Waals surface area contributed by atoms with E-state index >= 15 is 0 Å². The van der Waals surface area contributed by atoms with Crippen LogP contribution < -0.4 is 5.43 Å². The number of ether oxygens (including phenoxy) is 1. The molecule has 166 valence electrons. The van der Waals surface area contributed by atoms with Gasteiger partial charge >= 0.3 is 0 Å². The van der Waals surface area contributed by atoms with Gasteiger partial charge in [0.2, 0.25) is 5.76 Å². The molecular formula is C25H26N2O5. The fourth-order valence-electron chi connectivity index (χ4n) is 4.58. The summed E-state index contributed by atoms with van der Waals surface area (Å²) in [6, 6.07) is 9.78. The Morgan fingerprint density at radius 1 is 1.00 bits per heavy atom. The second-order valence-electron chi connectivity index (χ2n) is 8.55. The third kappa shape index (κ3) is 3.47. The normalized spacial score (nSPS) is 19.0. The van der Waals surface area contributed by atoms with E-state index < -0.39 is 6.04 Å². The minimum atomic E-state index is -0.554. The van der Waals surface area contributed by atoms with E-state index in [2.05, 4.69) is 4.90 Å². The van der Waals surface area contributed by atoms with E-state index in [1.54, 1.807) is 29.2 Å². The van der Waals surface area contributed by atoms with Crippen LogP contribution in [0.3, 0.4) is 0 Å². The van der Waals surface area contributed by atoms with Crippen molar-refractivity contribution in [1.82, 2.24) is 9.80 Å². The van der Waals surface area contributed by atoms with Crippen molar-refractivity contribution in [1.29, 1.82) is 0 Å². The van der Waals surface area contributed by atoms with Crippen LogP contribution in [0.15, 0.2) is 45.6 Å². The monoisotopic (exact) mass is 434 g/mol. The number of aryl methyl sites for hydroxylation is 2. The van der Waals surface area contributed by atoms with Crippen LogP contribution in [0.25, 0.3) is 11.0 Å². The number of hydrogen-bond acceptors (Lipinski definition) is 6. The lowest BCUT2D eigenvalue weighted by Crippen LogP contribution is -2.42. The molecule has 7 heteroatoms. The minimum Gasteiger partial charge on any atom is -0.508 e. The lowest BCUT2D eigenvalue weighted by molar-refractivity contribution is 0.0314. The number of phenolic OH excluding ortho intramolecular Hbond substituents is 1. The van der Waals surface area contributed by atoms with Gasteiger partial charge in [-0.15, -0.1) is 0 Å². The lowest BCUT2D eigenvalue weighted by Gasteiger charge is -2.31. The summed E-state index contributed by atoms with van der Waals surface area (Å²) < 4.78 is 11.5. The van der Waals surface area contributed by atoms with Gasteiger partial charge in [0.1, 0.15) is 11.3 Å². The van der Waals surface area contributed by atoms with Gasteiger partial charge in [0.15, 0.2) is 5.43 Å². The minimum absolute atomic E-state index is 0.116. The largest absolute Gasteiger partial charge is 0.508 e. The van der Waals surface area contributed by atoms with Crippen molar-refractivity contribution in [2.45, 2.75) is 19.9 Å². The highest BCUT2D eigenvalue weighted by molar-refractivity contribution is 5.99. The first-order chi connectivity index (χ1) is 15.4. The van der Waals surface area contributed by atoms with Gasteiger partial charge in [0, 0.05) is 26.2 Å². The molecule has 2 aliphatic heterocycles. The average molecular weight is 434 g/mol. The average Bonchev–Trinajstić information content (AvgIpc) is 3.07. The lowest BCUT2D eigenvalue weighted by atomic mass is 9.97. The first-order valence-corrected chi connectivity index (χ1v) is 10.9. The molecule has 2 aliphatic rings. The zero-order chi connectivity index (χ0) is 22.4. The first-order valence-electron chi connectivity index (χ1n) is 10.9. The van der Waals surface area contributed by atoms with Crippen molar-refractivity contribution < 1.29 is 19.1 Å². The number of aromatic hydroxyl groups is 1. The van der Waals surface area contributed by atoms with Crippen molar-refractivity contribution >= 4 is 16.9 Å². The molecule has 0 spiro atoms. The zero-order valence-electron chi connectivity index (χ0n) is 18.3. The number of phenols is 1. The fraction of sp³-hybridized carbons (Fsp3) is 0.360. The molecule has 0 bridgehead atoms. The number of fused-ring (bicyclic) bond motifs is 2. The maximum absolute atomic E-state index is 13.6. The van der Waals surface area contributed by atoms with Crippen LogP contribution in [0, 0.1) is 13.8 Å². The summed E-state index contributed by atoms with van der Waals surface area (Å²) >= 11 is 0. The van der Waals surface area contributed by atoms with Crippen molar-refractivity contribution in [3.63, 3.8) is 0 Å². The summed E-state index contributed by atoms with van der Waals surface area (Å²) in [6.45, 7) is 8.05. The number of hydrogen-bond donors (Lipinski definition) is 1. The van der Waals surface area contributed by atoms with E-state index in [0.29, 0.717) is 42.8 Å². The SMILES string of the molecule is Cc1cc2oc3c(c(=O)c2cc1C)C(c1ccc(O)cc1)N(CCN1CCOCC1)C3=O. The van der Waals surface area contributed by atoms with Crippen LogP contribution in [0.5, 0.6) is 5.75 Å². The molecule has 3 heterocycles. The Bertz CT molecular complexity index is 1240. The van der Waals surface area contributed by atoms with Crippen molar-refractivity contribution in [3.05, 3.63) is 74.6 Å². The Balaban J connectivity index is 1.62. The van der Waals surface area contributed by atoms with Crippen LogP contribution >= 0.6 is 0 Å². The fourth-order valence-corrected chi connectivity index (χ4v) is 4.58. The van der Waals surface area contributed by atoms with Crippen LogP contribution in [0.4, 0.5) is 0 Å².